The highest BCUT2D eigenvalue weighted by Crippen LogP contribution is 2.33. The molecular formula is C10H14N2. The third-order valence-corrected chi connectivity index (χ3v) is 2.66. The van der Waals surface area contributed by atoms with Crippen LogP contribution < -0.4 is 5.73 Å². The number of likely N-dealkylation sites (tertiary alicyclic amines) is 1. The number of hydrogen-bond acceptors (Lipinski definition) is 2. The second-order valence-corrected chi connectivity index (χ2v) is 3.40. The Hall–Kier alpha value is -0.860. The van der Waals surface area contributed by atoms with Gasteiger partial charge >= 0.3 is 0 Å². The van der Waals surface area contributed by atoms with E-state index in [9.17, 15) is 0 Å². The molecule has 2 nitrogen and oxygen atoms in total. The fourth-order valence-electron chi connectivity index (χ4n) is 1.70. The molecule has 0 bridgehead atoms. The molecule has 0 radical (unpaired) electrons. The van der Waals surface area contributed by atoms with E-state index in [0.29, 0.717) is 6.04 Å². The van der Waals surface area contributed by atoms with Crippen molar-refractivity contribution in [3.8, 4) is 0 Å². The molecule has 1 aromatic rings. The van der Waals surface area contributed by atoms with E-state index in [1.165, 1.54) is 5.56 Å². The van der Waals surface area contributed by atoms with Crippen LogP contribution in [0.1, 0.15) is 18.0 Å². The van der Waals surface area contributed by atoms with Gasteiger partial charge in [0.25, 0.3) is 0 Å². The van der Waals surface area contributed by atoms with Gasteiger partial charge in [-0.1, -0.05) is 30.3 Å². The van der Waals surface area contributed by atoms with Gasteiger partial charge in [0.15, 0.2) is 0 Å². The fraction of sp³-hybridized carbons (Fsp3) is 0.400. The van der Waals surface area contributed by atoms with E-state index >= 15 is 0 Å². The molecule has 1 heterocycles. The van der Waals surface area contributed by atoms with E-state index < -0.39 is 0 Å². The van der Waals surface area contributed by atoms with Gasteiger partial charge in [0.2, 0.25) is 0 Å². The molecular weight excluding hydrogens is 148 g/mol. The lowest BCUT2D eigenvalue weighted by atomic mass is 9.93. The largest absolute Gasteiger partial charge is 0.316 e. The molecule has 2 rings (SSSR count). The Labute approximate surface area is 73.0 Å². The summed E-state index contributed by atoms with van der Waals surface area (Å²) in [6.07, 6.45) is 1.34. The standard InChI is InChI=1S/C10H14N2/c1-12-9(7-10(12)11)8-5-3-2-4-6-8/h2-6,9-10H,7,11H2,1H3. The summed E-state index contributed by atoms with van der Waals surface area (Å²) in [6, 6.07) is 11.1. The summed E-state index contributed by atoms with van der Waals surface area (Å²) in [6.45, 7) is 0. The lowest BCUT2D eigenvalue weighted by molar-refractivity contribution is 0.0476. The molecule has 0 amide bonds. The minimum absolute atomic E-state index is 0.259. The highest BCUT2D eigenvalue weighted by Gasteiger charge is 2.32. The van der Waals surface area contributed by atoms with Crippen LogP contribution in [0.4, 0.5) is 0 Å². The molecule has 2 N–H and O–H groups in total. The zero-order valence-electron chi connectivity index (χ0n) is 7.27. The van der Waals surface area contributed by atoms with Gasteiger partial charge < -0.3 is 5.73 Å². The Bertz CT molecular complexity index is 258. The molecule has 2 heteroatoms. The first-order valence-corrected chi connectivity index (χ1v) is 4.31. The Morgan fingerprint density at radius 2 is 2.00 bits per heavy atom. The molecule has 64 valence electrons. The van der Waals surface area contributed by atoms with Crippen molar-refractivity contribution in [2.75, 3.05) is 7.05 Å². The van der Waals surface area contributed by atoms with E-state index in [4.69, 9.17) is 5.73 Å². The predicted octanol–water partition coefficient (Wildman–Crippen LogP) is 1.35. The number of hydrogen-bond donors (Lipinski definition) is 1. The normalized spacial score (nSPS) is 29.8. The number of nitrogens with two attached hydrogens (primary N) is 1. The van der Waals surface area contributed by atoms with Gasteiger partial charge in [-0.15, -0.1) is 0 Å². The smallest absolute Gasteiger partial charge is 0.0592 e. The van der Waals surface area contributed by atoms with Crippen molar-refractivity contribution in [3.05, 3.63) is 35.9 Å². The van der Waals surface area contributed by atoms with E-state index in [2.05, 4.69) is 36.2 Å². The lowest BCUT2D eigenvalue weighted by Crippen LogP contribution is -2.52. The molecule has 0 saturated carbocycles. The van der Waals surface area contributed by atoms with Crippen LogP contribution in [0, 0.1) is 0 Å². The van der Waals surface area contributed by atoms with Gasteiger partial charge in [0, 0.05) is 6.04 Å². The van der Waals surface area contributed by atoms with Crippen molar-refractivity contribution in [1.82, 2.24) is 4.90 Å². The lowest BCUT2D eigenvalue weighted by Gasteiger charge is -2.44. The van der Waals surface area contributed by atoms with E-state index in [1.807, 2.05) is 6.07 Å². The Balaban J connectivity index is 2.13. The minimum atomic E-state index is 0.259. The first-order chi connectivity index (χ1) is 5.79. The maximum atomic E-state index is 5.78. The van der Waals surface area contributed by atoms with Gasteiger partial charge in [-0.2, -0.15) is 0 Å². The first kappa shape index (κ1) is 7.77. The Morgan fingerprint density at radius 1 is 1.33 bits per heavy atom. The zero-order chi connectivity index (χ0) is 8.55. The molecule has 1 aromatic carbocycles. The molecule has 12 heavy (non-hydrogen) atoms. The van der Waals surface area contributed by atoms with Gasteiger partial charge in [-0.05, 0) is 19.0 Å². The van der Waals surface area contributed by atoms with E-state index in [1.54, 1.807) is 0 Å². The molecule has 1 fully saturated rings. The zero-order valence-corrected chi connectivity index (χ0v) is 7.27. The van der Waals surface area contributed by atoms with Crippen molar-refractivity contribution in [1.29, 1.82) is 0 Å². The van der Waals surface area contributed by atoms with Gasteiger partial charge in [-0.3, -0.25) is 4.90 Å². The quantitative estimate of drug-likeness (QED) is 0.675. The molecule has 1 aliphatic heterocycles. The van der Waals surface area contributed by atoms with Gasteiger partial charge in [-0.25, -0.2) is 0 Å². The molecule has 0 aromatic heterocycles. The van der Waals surface area contributed by atoms with Crippen LogP contribution in [0.3, 0.4) is 0 Å². The third-order valence-electron chi connectivity index (χ3n) is 2.66. The number of rotatable bonds is 1. The fourth-order valence-corrected chi connectivity index (χ4v) is 1.70. The highest BCUT2D eigenvalue weighted by atomic mass is 15.3. The van der Waals surface area contributed by atoms with Crippen LogP contribution in [0.25, 0.3) is 0 Å². The van der Waals surface area contributed by atoms with Crippen LogP contribution in [0.5, 0.6) is 0 Å². The molecule has 1 saturated heterocycles. The van der Waals surface area contributed by atoms with E-state index in [0.717, 1.165) is 6.42 Å². The van der Waals surface area contributed by atoms with Crippen molar-refractivity contribution < 1.29 is 0 Å². The van der Waals surface area contributed by atoms with Crippen LogP contribution in [-0.4, -0.2) is 18.1 Å². The summed E-state index contributed by atoms with van der Waals surface area (Å²) in [7, 11) is 2.08. The maximum Gasteiger partial charge on any atom is 0.0592 e. The van der Waals surface area contributed by atoms with Crippen molar-refractivity contribution in [2.24, 2.45) is 5.73 Å². The van der Waals surface area contributed by atoms with Gasteiger partial charge in [0.1, 0.15) is 0 Å². The summed E-state index contributed by atoms with van der Waals surface area (Å²) in [5.41, 5.74) is 7.15. The summed E-state index contributed by atoms with van der Waals surface area (Å²) in [4.78, 5) is 2.20. The summed E-state index contributed by atoms with van der Waals surface area (Å²) >= 11 is 0. The number of benzene rings is 1. The summed E-state index contributed by atoms with van der Waals surface area (Å²) in [5, 5.41) is 0. The second kappa shape index (κ2) is 2.88. The molecule has 2 atom stereocenters. The molecule has 0 spiro atoms. The average molecular weight is 162 g/mol. The number of nitrogens with zero attached hydrogens (tertiary/aromatic N) is 1. The van der Waals surface area contributed by atoms with Crippen LogP contribution in [0.2, 0.25) is 0 Å². The van der Waals surface area contributed by atoms with Crippen LogP contribution in [-0.2, 0) is 0 Å². The second-order valence-electron chi connectivity index (χ2n) is 3.40. The summed E-state index contributed by atoms with van der Waals surface area (Å²) < 4.78 is 0. The first-order valence-electron chi connectivity index (χ1n) is 4.31. The molecule has 0 aliphatic carbocycles. The monoisotopic (exact) mass is 162 g/mol. The van der Waals surface area contributed by atoms with E-state index in [-0.39, 0.29) is 6.17 Å². The molecule has 2 unspecified atom stereocenters. The Kier molecular flexibility index (Phi) is 1.87. The van der Waals surface area contributed by atoms with Crippen molar-refractivity contribution in [3.63, 3.8) is 0 Å². The average Bonchev–Trinajstić information content (AvgIpc) is 2.15. The van der Waals surface area contributed by atoms with Crippen molar-refractivity contribution >= 4 is 0 Å². The highest BCUT2D eigenvalue weighted by molar-refractivity contribution is 5.21. The van der Waals surface area contributed by atoms with Crippen LogP contribution >= 0.6 is 0 Å². The summed E-state index contributed by atoms with van der Waals surface area (Å²) in [5.74, 6) is 0. The van der Waals surface area contributed by atoms with Gasteiger partial charge in [0.05, 0.1) is 6.17 Å². The van der Waals surface area contributed by atoms with Crippen LogP contribution in [0.15, 0.2) is 30.3 Å². The topological polar surface area (TPSA) is 29.3 Å². The maximum absolute atomic E-state index is 5.78. The predicted molar refractivity (Wildman–Crippen MR) is 49.5 cm³/mol. The SMILES string of the molecule is CN1C(N)CC1c1ccccc1. The van der Waals surface area contributed by atoms with Crippen molar-refractivity contribution in [2.45, 2.75) is 18.6 Å². The minimum Gasteiger partial charge on any atom is -0.316 e. The Morgan fingerprint density at radius 3 is 2.50 bits per heavy atom. The molecule has 1 aliphatic rings. The third kappa shape index (κ3) is 1.13.